The van der Waals surface area contributed by atoms with Gasteiger partial charge in [-0.1, -0.05) is 34.8 Å². The van der Waals surface area contributed by atoms with Crippen LogP contribution in [0.3, 0.4) is 0 Å². The molecule has 24 heavy (non-hydrogen) atoms. The topological polar surface area (TPSA) is 66.4 Å². The average molecular weight is 342 g/mol. The average Bonchev–Trinajstić information content (AvgIpc) is 3.07. The van der Waals surface area contributed by atoms with E-state index in [4.69, 9.17) is 0 Å². The first-order valence-corrected chi connectivity index (χ1v) is 8.89. The minimum Gasteiger partial charge on any atom is -0.272 e. The van der Waals surface area contributed by atoms with Crippen molar-refractivity contribution < 1.29 is 9.59 Å². The molecule has 4 rings (SSSR count). The van der Waals surface area contributed by atoms with Crippen LogP contribution in [0.5, 0.6) is 0 Å². The van der Waals surface area contributed by atoms with Crippen LogP contribution in [-0.4, -0.2) is 44.5 Å². The molecule has 0 N–H and O–H groups in total. The molecule has 0 spiro atoms. The number of aryl methyl sites for hydroxylation is 1. The van der Waals surface area contributed by atoms with E-state index >= 15 is 0 Å². The Morgan fingerprint density at radius 1 is 1.12 bits per heavy atom. The van der Waals surface area contributed by atoms with E-state index in [0.717, 1.165) is 36.4 Å². The van der Waals surface area contributed by atoms with Crippen LogP contribution in [0.4, 0.5) is 0 Å². The van der Waals surface area contributed by atoms with E-state index in [1.165, 1.54) is 0 Å². The van der Waals surface area contributed by atoms with Crippen molar-refractivity contribution in [3.05, 3.63) is 46.5 Å². The van der Waals surface area contributed by atoms with Gasteiger partial charge in [0.05, 0.1) is 11.1 Å². The predicted octanol–water partition coefficient (Wildman–Crippen LogP) is 2.17. The summed E-state index contributed by atoms with van der Waals surface area (Å²) in [5.74, 6) is -0.133. The molecule has 2 amide bonds. The minimum atomic E-state index is -0.453. The fourth-order valence-electron chi connectivity index (χ4n) is 3.33. The number of benzene rings is 1. The number of rotatable bonds is 3. The van der Waals surface area contributed by atoms with Crippen molar-refractivity contribution in [3.63, 3.8) is 0 Å². The van der Waals surface area contributed by atoms with E-state index in [9.17, 15) is 9.59 Å². The Morgan fingerprint density at radius 2 is 1.83 bits per heavy atom. The van der Waals surface area contributed by atoms with Gasteiger partial charge in [-0.2, -0.15) is 0 Å². The molecule has 1 saturated heterocycles. The molecule has 2 aromatic rings. The maximum absolute atomic E-state index is 13.2. The fraction of sp³-hybridized carbons (Fsp3) is 0.412. The van der Waals surface area contributed by atoms with Crippen molar-refractivity contribution in [1.29, 1.82) is 0 Å². The van der Waals surface area contributed by atoms with E-state index in [-0.39, 0.29) is 11.8 Å². The van der Waals surface area contributed by atoms with Crippen LogP contribution in [-0.2, 0) is 10.2 Å². The Kier molecular flexibility index (Phi) is 3.60. The highest BCUT2D eigenvalue weighted by Gasteiger charge is 2.55. The quantitative estimate of drug-likeness (QED) is 0.857. The Bertz CT molecular complexity index is 785. The summed E-state index contributed by atoms with van der Waals surface area (Å²) >= 11 is 1.09. The van der Waals surface area contributed by atoms with Gasteiger partial charge in [-0.25, -0.2) is 5.01 Å². The third kappa shape index (κ3) is 2.31. The molecule has 124 valence electrons. The lowest BCUT2D eigenvalue weighted by molar-refractivity contribution is -0.143. The smallest absolute Gasteiger partial charge is 0.272 e. The summed E-state index contributed by atoms with van der Waals surface area (Å²) in [6.07, 6.45) is 2.48. The molecule has 1 aliphatic heterocycles. The zero-order valence-electron chi connectivity index (χ0n) is 13.4. The SMILES string of the molecule is Cc1nnsc1C(=O)N1CCCN1C(=O)C1(c2ccccc2)CC1. The lowest BCUT2D eigenvalue weighted by Crippen LogP contribution is -2.48. The molecule has 0 unspecified atom stereocenters. The normalized spacial score (nSPS) is 18.7. The van der Waals surface area contributed by atoms with E-state index in [1.807, 2.05) is 30.3 Å². The zero-order chi connectivity index (χ0) is 16.7. The molecule has 0 atom stereocenters. The first-order chi connectivity index (χ1) is 11.6. The second-order valence-electron chi connectivity index (χ2n) is 6.35. The summed E-state index contributed by atoms with van der Waals surface area (Å²) in [5.41, 5.74) is 1.21. The molecular formula is C17H18N4O2S. The van der Waals surface area contributed by atoms with E-state index in [2.05, 4.69) is 9.59 Å². The predicted molar refractivity (Wildman–Crippen MR) is 89.4 cm³/mol. The van der Waals surface area contributed by atoms with Crippen molar-refractivity contribution in [3.8, 4) is 0 Å². The minimum absolute atomic E-state index is 0.0367. The lowest BCUT2D eigenvalue weighted by Gasteiger charge is -2.31. The van der Waals surface area contributed by atoms with Crippen LogP contribution in [0, 0.1) is 6.92 Å². The molecule has 2 heterocycles. The molecule has 1 aromatic carbocycles. The second kappa shape index (κ2) is 5.66. The summed E-state index contributed by atoms with van der Waals surface area (Å²) in [6, 6.07) is 9.88. The first-order valence-electron chi connectivity index (χ1n) is 8.12. The van der Waals surface area contributed by atoms with Gasteiger partial charge in [-0.15, -0.1) is 5.10 Å². The van der Waals surface area contributed by atoms with Gasteiger partial charge in [0, 0.05) is 13.1 Å². The third-order valence-electron chi connectivity index (χ3n) is 4.83. The van der Waals surface area contributed by atoms with E-state index in [1.54, 1.807) is 16.9 Å². The number of carbonyl (C=O) groups excluding carboxylic acids is 2. The Balaban J connectivity index is 1.60. The number of hydrazine groups is 1. The van der Waals surface area contributed by atoms with Crippen LogP contribution in [0.1, 0.15) is 40.2 Å². The van der Waals surface area contributed by atoms with Crippen LogP contribution < -0.4 is 0 Å². The van der Waals surface area contributed by atoms with Crippen molar-refractivity contribution in [2.75, 3.05) is 13.1 Å². The maximum Gasteiger partial charge on any atom is 0.286 e. The third-order valence-corrected chi connectivity index (χ3v) is 5.65. The van der Waals surface area contributed by atoms with Gasteiger partial charge in [0.25, 0.3) is 11.8 Å². The van der Waals surface area contributed by atoms with Gasteiger partial charge in [-0.05, 0) is 43.3 Å². The lowest BCUT2D eigenvalue weighted by atomic mass is 9.95. The molecule has 7 heteroatoms. The molecule has 0 bridgehead atoms. The van der Waals surface area contributed by atoms with E-state index in [0.29, 0.717) is 23.7 Å². The van der Waals surface area contributed by atoms with Crippen molar-refractivity contribution in [1.82, 2.24) is 19.6 Å². The standard InChI is InChI=1S/C17H18N4O2S/c1-12-14(24-19-18-12)15(22)20-10-5-11-21(20)16(23)17(8-9-17)13-6-3-2-4-7-13/h2-4,6-7H,5,8-11H2,1H3. The molecule has 2 aliphatic rings. The van der Waals surface area contributed by atoms with Crippen LogP contribution in [0.2, 0.25) is 0 Å². The van der Waals surface area contributed by atoms with Gasteiger partial charge in [0.15, 0.2) is 0 Å². The van der Waals surface area contributed by atoms with Crippen molar-refractivity contribution in [2.45, 2.75) is 31.6 Å². The zero-order valence-corrected chi connectivity index (χ0v) is 14.3. The summed E-state index contributed by atoms with van der Waals surface area (Å²) in [6.45, 7) is 2.92. The highest BCUT2D eigenvalue weighted by molar-refractivity contribution is 7.07. The van der Waals surface area contributed by atoms with Crippen LogP contribution in [0.15, 0.2) is 30.3 Å². The molecule has 0 radical (unpaired) electrons. The number of carbonyl (C=O) groups is 2. The molecule has 1 aliphatic carbocycles. The highest BCUT2D eigenvalue weighted by Crippen LogP contribution is 2.50. The summed E-state index contributed by atoms with van der Waals surface area (Å²) in [5, 5.41) is 7.12. The number of nitrogens with zero attached hydrogens (tertiary/aromatic N) is 4. The molecule has 1 saturated carbocycles. The van der Waals surface area contributed by atoms with Crippen LogP contribution >= 0.6 is 11.5 Å². The number of hydrogen-bond donors (Lipinski definition) is 0. The van der Waals surface area contributed by atoms with Crippen molar-refractivity contribution >= 4 is 23.3 Å². The van der Waals surface area contributed by atoms with Gasteiger partial charge in [0.2, 0.25) is 0 Å². The summed E-state index contributed by atoms with van der Waals surface area (Å²) in [7, 11) is 0. The van der Waals surface area contributed by atoms with Gasteiger partial charge < -0.3 is 0 Å². The molecular weight excluding hydrogens is 324 g/mol. The van der Waals surface area contributed by atoms with Crippen molar-refractivity contribution in [2.24, 2.45) is 0 Å². The van der Waals surface area contributed by atoms with Gasteiger partial charge in [0.1, 0.15) is 4.88 Å². The Labute approximate surface area is 144 Å². The summed E-state index contributed by atoms with van der Waals surface area (Å²) < 4.78 is 3.83. The Hall–Kier alpha value is -2.28. The monoisotopic (exact) mass is 342 g/mol. The Morgan fingerprint density at radius 3 is 2.46 bits per heavy atom. The first kappa shape index (κ1) is 15.3. The molecule has 2 fully saturated rings. The fourth-order valence-corrected chi connectivity index (χ4v) is 3.94. The number of aromatic nitrogens is 2. The summed E-state index contributed by atoms with van der Waals surface area (Å²) in [4.78, 5) is 26.5. The second-order valence-corrected chi connectivity index (χ2v) is 7.10. The number of amides is 2. The van der Waals surface area contributed by atoms with Gasteiger partial charge >= 0.3 is 0 Å². The number of hydrogen-bond acceptors (Lipinski definition) is 5. The molecule has 1 aromatic heterocycles. The highest BCUT2D eigenvalue weighted by atomic mass is 32.1. The van der Waals surface area contributed by atoms with E-state index < -0.39 is 5.41 Å². The molecule has 6 nitrogen and oxygen atoms in total. The maximum atomic E-state index is 13.2. The largest absolute Gasteiger partial charge is 0.286 e. The van der Waals surface area contributed by atoms with Crippen LogP contribution in [0.25, 0.3) is 0 Å². The van der Waals surface area contributed by atoms with Gasteiger partial charge in [-0.3, -0.25) is 14.6 Å².